The van der Waals surface area contributed by atoms with E-state index in [9.17, 15) is 18.0 Å². The van der Waals surface area contributed by atoms with Gasteiger partial charge in [0.15, 0.2) is 6.61 Å². The molecule has 2 N–H and O–H groups in total. The molecule has 0 spiro atoms. The Labute approximate surface area is 145 Å². The van der Waals surface area contributed by atoms with Crippen LogP contribution in [0.5, 0.6) is 5.88 Å². The largest absolute Gasteiger partial charge is 0.468 e. The molecular formula is C17H24F3N3O2. The molecule has 2 rings (SSSR count). The van der Waals surface area contributed by atoms with Crippen LogP contribution in [-0.2, 0) is 11.3 Å². The van der Waals surface area contributed by atoms with Crippen LogP contribution in [0.4, 0.5) is 13.2 Å². The SMILES string of the molecule is CC(CC(=O)NCc1ccnc(OCC(F)(F)F)c1)C1CCNCC1. The molecule has 1 atom stereocenters. The van der Waals surface area contributed by atoms with Gasteiger partial charge < -0.3 is 15.4 Å². The molecule has 5 nitrogen and oxygen atoms in total. The van der Waals surface area contributed by atoms with Gasteiger partial charge in [-0.3, -0.25) is 4.79 Å². The number of alkyl halides is 3. The quantitative estimate of drug-likeness (QED) is 0.786. The molecule has 1 aliphatic rings. The van der Waals surface area contributed by atoms with E-state index in [1.165, 1.54) is 12.3 Å². The van der Waals surface area contributed by atoms with E-state index < -0.39 is 12.8 Å². The standard InChI is InChI=1S/C17H24F3N3O2/c1-12(14-3-5-21-6-4-14)8-15(24)23-10-13-2-7-22-16(9-13)25-11-17(18,19)20/h2,7,9,12,14,21H,3-6,8,10-11H2,1H3,(H,23,24). The maximum Gasteiger partial charge on any atom is 0.422 e. The van der Waals surface area contributed by atoms with Crippen molar-refractivity contribution >= 4 is 5.91 Å². The summed E-state index contributed by atoms with van der Waals surface area (Å²) in [5.41, 5.74) is 0.648. The van der Waals surface area contributed by atoms with Gasteiger partial charge in [-0.2, -0.15) is 13.2 Å². The van der Waals surface area contributed by atoms with E-state index in [-0.39, 0.29) is 18.3 Å². The van der Waals surface area contributed by atoms with Crippen LogP contribution in [0.25, 0.3) is 0 Å². The predicted molar refractivity (Wildman–Crippen MR) is 87.0 cm³/mol. The number of nitrogens with zero attached hydrogens (tertiary/aromatic N) is 1. The monoisotopic (exact) mass is 359 g/mol. The second kappa shape index (κ2) is 9.03. The van der Waals surface area contributed by atoms with Crippen molar-refractivity contribution in [1.29, 1.82) is 0 Å². The van der Waals surface area contributed by atoms with Gasteiger partial charge in [0.25, 0.3) is 0 Å². The third-order valence-electron chi connectivity index (χ3n) is 4.37. The Morgan fingerprint density at radius 3 is 2.84 bits per heavy atom. The van der Waals surface area contributed by atoms with Gasteiger partial charge in [0.05, 0.1) is 0 Å². The highest BCUT2D eigenvalue weighted by Crippen LogP contribution is 2.24. The maximum absolute atomic E-state index is 12.2. The van der Waals surface area contributed by atoms with Crippen molar-refractivity contribution in [1.82, 2.24) is 15.6 Å². The van der Waals surface area contributed by atoms with Gasteiger partial charge in [-0.25, -0.2) is 4.98 Å². The number of hydrogen-bond donors (Lipinski definition) is 2. The highest BCUT2D eigenvalue weighted by molar-refractivity contribution is 5.76. The summed E-state index contributed by atoms with van der Waals surface area (Å²) in [7, 11) is 0. The first-order valence-corrected chi connectivity index (χ1v) is 8.45. The van der Waals surface area contributed by atoms with E-state index in [1.807, 2.05) is 0 Å². The summed E-state index contributed by atoms with van der Waals surface area (Å²) >= 11 is 0. The minimum atomic E-state index is -4.41. The molecule has 1 aromatic rings. The zero-order valence-corrected chi connectivity index (χ0v) is 14.2. The molecule has 25 heavy (non-hydrogen) atoms. The van der Waals surface area contributed by atoms with Crippen LogP contribution in [0.1, 0.15) is 31.7 Å². The third kappa shape index (κ3) is 7.29. The lowest BCUT2D eigenvalue weighted by molar-refractivity contribution is -0.154. The first kappa shape index (κ1) is 19.5. The highest BCUT2D eigenvalue weighted by atomic mass is 19.4. The average molecular weight is 359 g/mol. The molecule has 140 valence electrons. The fourth-order valence-electron chi connectivity index (χ4n) is 2.94. The van der Waals surface area contributed by atoms with E-state index in [4.69, 9.17) is 0 Å². The lowest BCUT2D eigenvalue weighted by Gasteiger charge is -2.27. The highest BCUT2D eigenvalue weighted by Gasteiger charge is 2.28. The molecule has 1 unspecified atom stereocenters. The number of piperidine rings is 1. The van der Waals surface area contributed by atoms with E-state index in [0.29, 0.717) is 23.8 Å². The van der Waals surface area contributed by atoms with Crippen LogP contribution in [0, 0.1) is 11.8 Å². The van der Waals surface area contributed by atoms with Crippen LogP contribution in [0.15, 0.2) is 18.3 Å². The Balaban J connectivity index is 1.77. The summed E-state index contributed by atoms with van der Waals surface area (Å²) in [6.07, 6.45) is -0.424. The fraction of sp³-hybridized carbons (Fsp3) is 0.647. The predicted octanol–water partition coefficient (Wildman–Crippen LogP) is 2.66. The topological polar surface area (TPSA) is 63.2 Å². The van der Waals surface area contributed by atoms with Gasteiger partial charge in [0.1, 0.15) is 0 Å². The first-order chi connectivity index (χ1) is 11.8. The molecule has 0 bridgehead atoms. The number of halogens is 3. The Kier molecular flexibility index (Phi) is 7.04. The van der Waals surface area contributed by atoms with Gasteiger partial charge in [-0.05, 0) is 49.4 Å². The Morgan fingerprint density at radius 2 is 2.16 bits per heavy atom. The second-order valence-corrected chi connectivity index (χ2v) is 6.45. The lowest BCUT2D eigenvalue weighted by Crippen LogP contribution is -2.33. The Morgan fingerprint density at radius 1 is 1.44 bits per heavy atom. The number of carbonyl (C=O) groups is 1. The van der Waals surface area contributed by atoms with E-state index in [1.54, 1.807) is 6.07 Å². The number of rotatable bonds is 7. The minimum absolute atomic E-state index is 0.0550. The van der Waals surface area contributed by atoms with Crippen molar-refractivity contribution in [3.8, 4) is 5.88 Å². The van der Waals surface area contributed by atoms with Crippen molar-refractivity contribution in [2.24, 2.45) is 11.8 Å². The fourth-order valence-corrected chi connectivity index (χ4v) is 2.94. The van der Waals surface area contributed by atoms with Gasteiger partial charge >= 0.3 is 6.18 Å². The number of ether oxygens (including phenoxy) is 1. The van der Waals surface area contributed by atoms with E-state index >= 15 is 0 Å². The molecule has 1 saturated heterocycles. The van der Waals surface area contributed by atoms with Crippen LogP contribution >= 0.6 is 0 Å². The average Bonchev–Trinajstić information content (AvgIpc) is 2.59. The minimum Gasteiger partial charge on any atom is -0.468 e. The van der Waals surface area contributed by atoms with Crippen LogP contribution in [0.2, 0.25) is 0 Å². The van der Waals surface area contributed by atoms with E-state index in [0.717, 1.165) is 25.9 Å². The summed E-state index contributed by atoms with van der Waals surface area (Å²) in [6.45, 7) is 2.93. The smallest absolute Gasteiger partial charge is 0.422 e. The molecule has 1 fully saturated rings. The zero-order valence-electron chi connectivity index (χ0n) is 14.2. The lowest BCUT2D eigenvalue weighted by atomic mass is 9.84. The second-order valence-electron chi connectivity index (χ2n) is 6.45. The van der Waals surface area contributed by atoms with Crippen molar-refractivity contribution in [3.63, 3.8) is 0 Å². The number of carbonyl (C=O) groups excluding carboxylic acids is 1. The number of nitrogens with one attached hydrogen (secondary N) is 2. The number of amides is 1. The maximum atomic E-state index is 12.2. The van der Waals surface area contributed by atoms with Crippen molar-refractivity contribution in [2.75, 3.05) is 19.7 Å². The summed E-state index contributed by atoms with van der Waals surface area (Å²) in [4.78, 5) is 15.8. The number of aromatic nitrogens is 1. The summed E-state index contributed by atoms with van der Waals surface area (Å²) in [5.74, 6) is 0.702. The van der Waals surface area contributed by atoms with Crippen LogP contribution in [-0.4, -0.2) is 36.8 Å². The summed E-state index contributed by atoms with van der Waals surface area (Å²) in [5, 5.41) is 6.11. The van der Waals surface area contributed by atoms with Gasteiger partial charge in [0, 0.05) is 25.2 Å². The van der Waals surface area contributed by atoms with Crippen molar-refractivity contribution in [2.45, 2.75) is 38.9 Å². The normalized spacial score (nSPS) is 17.1. The molecule has 0 aromatic carbocycles. The molecule has 0 radical (unpaired) electrons. The molecule has 2 heterocycles. The molecule has 0 aliphatic carbocycles. The van der Waals surface area contributed by atoms with Gasteiger partial charge in [-0.15, -0.1) is 0 Å². The molecular weight excluding hydrogens is 335 g/mol. The van der Waals surface area contributed by atoms with Gasteiger partial charge in [0.2, 0.25) is 11.8 Å². The third-order valence-corrected chi connectivity index (χ3v) is 4.37. The molecule has 1 aliphatic heterocycles. The molecule has 0 saturated carbocycles. The summed E-state index contributed by atoms with van der Waals surface area (Å²) < 4.78 is 41.1. The molecule has 1 aromatic heterocycles. The number of pyridine rings is 1. The zero-order chi connectivity index (χ0) is 18.3. The first-order valence-electron chi connectivity index (χ1n) is 8.45. The molecule has 1 amide bonds. The van der Waals surface area contributed by atoms with Crippen LogP contribution < -0.4 is 15.4 Å². The Hall–Kier alpha value is -1.83. The summed E-state index contributed by atoms with van der Waals surface area (Å²) in [6, 6.07) is 3.04. The molecule has 8 heteroatoms. The van der Waals surface area contributed by atoms with Crippen molar-refractivity contribution in [3.05, 3.63) is 23.9 Å². The van der Waals surface area contributed by atoms with E-state index in [2.05, 4.69) is 27.3 Å². The van der Waals surface area contributed by atoms with Gasteiger partial charge in [-0.1, -0.05) is 6.92 Å². The van der Waals surface area contributed by atoms with Crippen molar-refractivity contribution < 1.29 is 22.7 Å². The van der Waals surface area contributed by atoms with Crippen LogP contribution in [0.3, 0.4) is 0 Å². The number of hydrogen-bond acceptors (Lipinski definition) is 4. The Bertz CT molecular complexity index is 560.